The summed E-state index contributed by atoms with van der Waals surface area (Å²) < 4.78 is 10.6. The third-order valence-corrected chi connectivity index (χ3v) is 7.14. The maximum Gasteiger partial charge on any atom is 0.254 e. The van der Waals surface area contributed by atoms with Crippen LogP contribution in [0, 0.1) is 6.92 Å². The Morgan fingerprint density at radius 3 is 2.31 bits per heavy atom. The summed E-state index contributed by atoms with van der Waals surface area (Å²) in [5.74, 6) is 1.05. The van der Waals surface area contributed by atoms with Crippen molar-refractivity contribution in [3.8, 4) is 11.5 Å². The van der Waals surface area contributed by atoms with E-state index in [1.54, 1.807) is 43.8 Å². The number of aryl methyl sites for hydroxylation is 1. The van der Waals surface area contributed by atoms with Gasteiger partial charge in [0.1, 0.15) is 0 Å². The molecule has 0 saturated carbocycles. The second-order valence-corrected chi connectivity index (χ2v) is 9.54. The lowest BCUT2D eigenvalue weighted by molar-refractivity contribution is -0.123. The van der Waals surface area contributed by atoms with Crippen molar-refractivity contribution in [1.29, 1.82) is 0 Å². The highest BCUT2D eigenvalue weighted by atomic mass is 32.1. The van der Waals surface area contributed by atoms with Crippen LogP contribution >= 0.6 is 11.3 Å². The molecule has 0 radical (unpaired) electrons. The van der Waals surface area contributed by atoms with Crippen molar-refractivity contribution in [2.45, 2.75) is 13.0 Å². The average molecular weight is 494 g/mol. The van der Waals surface area contributed by atoms with Gasteiger partial charge in [0.05, 0.1) is 26.8 Å². The van der Waals surface area contributed by atoms with Crippen molar-refractivity contribution in [1.82, 2.24) is 15.1 Å². The van der Waals surface area contributed by atoms with Crippen LogP contribution < -0.4 is 14.8 Å². The van der Waals surface area contributed by atoms with Gasteiger partial charge in [0.25, 0.3) is 5.91 Å². The smallest absolute Gasteiger partial charge is 0.254 e. The van der Waals surface area contributed by atoms with Crippen LogP contribution in [0.2, 0.25) is 0 Å². The zero-order valence-corrected chi connectivity index (χ0v) is 21.1. The van der Waals surface area contributed by atoms with Crippen LogP contribution in [0.1, 0.15) is 32.4 Å². The quantitative estimate of drug-likeness (QED) is 0.518. The van der Waals surface area contributed by atoms with Gasteiger partial charge in [0.2, 0.25) is 5.91 Å². The molecule has 2 aromatic carbocycles. The number of rotatable bonds is 8. The molecule has 1 unspecified atom stereocenters. The largest absolute Gasteiger partial charge is 0.493 e. The van der Waals surface area contributed by atoms with E-state index in [0.29, 0.717) is 49.8 Å². The Hall–Kier alpha value is -3.36. The van der Waals surface area contributed by atoms with E-state index in [4.69, 9.17) is 9.47 Å². The number of carbonyl (C=O) groups is 2. The first-order valence-electron chi connectivity index (χ1n) is 11.6. The van der Waals surface area contributed by atoms with Gasteiger partial charge in [-0.1, -0.05) is 35.9 Å². The number of nitrogens with zero attached hydrogens (tertiary/aromatic N) is 2. The molecule has 35 heavy (non-hydrogen) atoms. The summed E-state index contributed by atoms with van der Waals surface area (Å²) in [6.07, 6.45) is 0. The monoisotopic (exact) mass is 493 g/mol. The second kappa shape index (κ2) is 11.4. The van der Waals surface area contributed by atoms with Crippen molar-refractivity contribution in [3.63, 3.8) is 0 Å². The number of piperazine rings is 1. The Morgan fingerprint density at radius 2 is 1.69 bits per heavy atom. The van der Waals surface area contributed by atoms with E-state index in [2.05, 4.69) is 41.4 Å². The van der Waals surface area contributed by atoms with Gasteiger partial charge in [-0.3, -0.25) is 14.5 Å². The lowest BCUT2D eigenvalue weighted by atomic mass is 10.0. The number of hydrogen-bond acceptors (Lipinski definition) is 6. The highest BCUT2D eigenvalue weighted by molar-refractivity contribution is 7.10. The average Bonchev–Trinajstić information content (AvgIpc) is 3.42. The van der Waals surface area contributed by atoms with Gasteiger partial charge in [-0.15, -0.1) is 11.3 Å². The molecule has 2 heterocycles. The van der Waals surface area contributed by atoms with Crippen molar-refractivity contribution < 1.29 is 19.1 Å². The van der Waals surface area contributed by atoms with Gasteiger partial charge in [-0.2, -0.15) is 0 Å². The zero-order chi connectivity index (χ0) is 24.8. The minimum atomic E-state index is -0.170. The van der Waals surface area contributed by atoms with Gasteiger partial charge < -0.3 is 19.7 Å². The first kappa shape index (κ1) is 24.8. The fraction of sp³-hybridized carbons (Fsp3) is 0.333. The van der Waals surface area contributed by atoms with Gasteiger partial charge >= 0.3 is 0 Å². The number of amides is 2. The number of methoxy groups -OCH3 is 2. The number of nitrogens with one attached hydrogen (secondary N) is 1. The van der Waals surface area contributed by atoms with Crippen LogP contribution in [0.25, 0.3) is 0 Å². The zero-order valence-electron chi connectivity index (χ0n) is 20.3. The number of hydrogen-bond donors (Lipinski definition) is 1. The molecule has 1 aliphatic rings. The molecular formula is C27H31N3O4S. The van der Waals surface area contributed by atoms with E-state index >= 15 is 0 Å². The molecule has 0 spiro atoms. The van der Waals surface area contributed by atoms with Crippen LogP contribution in [-0.4, -0.2) is 68.6 Å². The van der Waals surface area contributed by atoms with E-state index in [1.165, 1.54) is 5.56 Å². The molecule has 0 bridgehead atoms. The third kappa shape index (κ3) is 6.01. The molecule has 1 N–H and O–H groups in total. The molecule has 1 fully saturated rings. The standard InChI is InChI=1S/C27H31N3O4S/c1-19-6-8-20(9-7-19)26(24-5-4-16-35-24)28-25(31)18-29-12-14-30(15-13-29)27(32)21-10-11-22(33-2)23(17-21)34-3/h4-11,16-17,26H,12-15,18H2,1-3H3,(H,28,31). The molecular weight excluding hydrogens is 462 g/mol. The van der Waals surface area contributed by atoms with E-state index in [1.807, 2.05) is 22.4 Å². The molecule has 3 aromatic rings. The van der Waals surface area contributed by atoms with Crippen molar-refractivity contribution >= 4 is 23.2 Å². The summed E-state index contributed by atoms with van der Waals surface area (Å²) >= 11 is 1.64. The number of carbonyl (C=O) groups excluding carboxylic acids is 2. The summed E-state index contributed by atoms with van der Waals surface area (Å²) in [6, 6.07) is 17.3. The molecule has 1 saturated heterocycles. The predicted octanol–water partition coefficient (Wildman–Crippen LogP) is 3.74. The van der Waals surface area contributed by atoms with Crippen LogP contribution in [0.3, 0.4) is 0 Å². The molecule has 1 aromatic heterocycles. The topological polar surface area (TPSA) is 71.1 Å². The minimum absolute atomic E-state index is 0.0244. The lowest BCUT2D eigenvalue weighted by Crippen LogP contribution is -2.51. The fourth-order valence-corrected chi connectivity index (χ4v) is 5.01. The molecule has 184 valence electrons. The van der Waals surface area contributed by atoms with Crippen LogP contribution in [0.15, 0.2) is 60.0 Å². The number of benzene rings is 2. The van der Waals surface area contributed by atoms with Crippen molar-refractivity contribution in [3.05, 3.63) is 81.5 Å². The summed E-state index contributed by atoms with van der Waals surface area (Å²) in [5, 5.41) is 5.23. The maximum absolute atomic E-state index is 13.0. The van der Waals surface area contributed by atoms with Crippen LogP contribution in [0.4, 0.5) is 0 Å². The Balaban J connectivity index is 1.34. The first-order valence-corrected chi connectivity index (χ1v) is 12.5. The van der Waals surface area contributed by atoms with Crippen molar-refractivity contribution in [2.24, 2.45) is 0 Å². The predicted molar refractivity (Wildman–Crippen MR) is 137 cm³/mol. The molecule has 2 amide bonds. The molecule has 8 heteroatoms. The third-order valence-electron chi connectivity index (χ3n) is 6.20. The van der Waals surface area contributed by atoms with Gasteiger partial charge in [-0.25, -0.2) is 0 Å². The highest BCUT2D eigenvalue weighted by Crippen LogP contribution is 2.28. The summed E-state index contributed by atoms with van der Waals surface area (Å²) in [5.41, 5.74) is 2.81. The normalized spacial score (nSPS) is 14.9. The van der Waals surface area contributed by atoms with E-state index < -0.39 is 0 Å². The lowest BCUT2D eigenvalue weighted by Gasteiger charge is -2.34. The maximum atomic E-state index is 13.0. The summed E-state index contributed by atoms with van der Waals surface area (Å²) in [7, 11) is 3.12. The number of ether oxygens (including phenoxy) is 2. The Kier molecular flexibility index (Phi) is 8.05. The molecule has 0 aliphatic carbocycles. The van der Waals surface area contributed by atoms with E-state index in [9.17, 15) is 9.59 Å². The SMILES string of the molecule is COc1ccc(C(=O)N2CCN(CC(=O)NC(c3ccc(C)cc3)c3cccs3)CC2)cc1OC. The highest BCUT2D eigenvalue weighted by Gasteiger charge is 2.25. The van der Waals surface area contributed by atoms with Gasteiger partial charge in [-0.05, 0) is 42.1 Å². The van der Waals surface area contributed by atoms with Gasteiger partial charge in [0.15, 0.2) is 11.5 Å². The molecule has 1 atom stereocenters. The fourth-order valence-electron chi connectivity index (χ4n) is 4.20. The van der Waals surface area contributed by atoms with Crippen LogP contribution in [0.5, 0.6) is 11.5 Å². The summed E-state index contributed by atoms with van der Waals surface area (Å²) in [6.45, 7) is 4.75. The van der Waals surface area contributed by atoms with E-state index in [-0.39, 0.29) is 17.9 Å². The Labute approximate surface area is 210 Å². The Morgan fingerprint density at radius 1 is 0.971 bits per heavy atom. The Bertz CT molecular complexity index is 1140. The molecule has 4 rings (SSSR count). The van der Waals surface area contributed by atoms with Crippen molar-refractivity contribution in [2.75, 3.05) is 46.9 Å². The van der Waals surface area contributed by atoms with Crippen LogP contribution in [-0.2, 0) is 4.79 Å². The van der Waals surface area contributed by atoms with E-state index in [0.717, 1.165) is 10.4 Å². The molecule has 7 nitrogen and oxygen atoms in total. The van der Waals surface area contributed by atoms with Gasteiger partial charge in [0, 0.05) is 36.6 Å². The second-order valence-electron chi connectivity index (χ2n) is 8.56. The minimum Gasteiger partial charge on any atom is -0.493 e. The summed E-state index contributed by atoms with van der Waals surface area (Å²) in [4.78, 5) is 31.0. The first-order chi connectivity index (χ1) is 17.0. The molecule has 1 aliphatic heterocycles. The number of thiophene rings is 1.